The summed E-state index contributed by atoms with van der Waals surface area (Å²) in [6.07, 6.45) is 3.83. The molecule has 2 aliphatic heterocycles. The molecule has 0 bridgehead atoms. The highest BCUT2D eigenvalue weighted by Crippen LogP contribution is 2.32. The molecular formula is C16H18N2O4. The maximum Gasteiger partial charge on any atom is 0.247 e. The summed E-state index contributed by atoms with van der Waals surface area (Å²) in [5.41, 5.74) is 0.854. The molecule has 2 heterocycles. The van der Waals surface area contributed by atoms with Crippen LogP contribution in [0.25, 0.3) is 6.08 Å². The summed E-state index contributed by atoms with van der Waals surface area (Å²) in [5, 5.41) is 2.78. The Bertz CT molecular complexity index is 627. The molecule has 0 radical (unpaired) electrons. The van der Waals surface area contributed by atoms with Crippen LogP contribution in [0.3, 0.4) is 0 Å². The van der Waals surface area contributed by atoms with Crippen molar-refractivity contribution in [2.45, 2.75) is 19.4 Å². The SMILES string of the molecule is CCC1C(=O)NCCN1C(=O)/C=C/c1ccc2c(c1)OCO2. The molecule has 1 fully saturated rings. The highest BCUT2D eigenvalue weighted by Gasteiger charge is 2.30. The van der Waals surface area contributed by atoms with Crippen LogP contribution in [0.4, 0.5) is 0 Å². The van der Waals surface area contributed by atoms with Crippen LogP contribution in [0.15, 0.2) is 24.3 Å². The van der Waals surface area contributed by atoms with Gasteiger partial charge >= 0.3 is 0 Å². The van der Waals surface area contributed by atoms with Gasteiger partial charge < -0.3 is 19.7 Å². The van der Waals surface area contributed by atoms with E-state index in [2.05, 4.69) is 5.32 Å². The molecule has 1 saturated heterocycles. The number of nitrogens with one attached hydrogen (secondary N) is 1. The molecule has 116 valence electrons. The third-order valence-corrected chi connectivity index (χ3v) is 3.82. The van der Waals surface area contributed by atoms with E-state index in [1.165, 1.54) is 6.08 Å². The van der Waals surface area contributed by atoms with E-state index in [9.17, 15) is 9.59 Å². The molecule has 1 aromatic rings. The minimum atomic E-state index is -0.386. The van der Waals surface area contributed by atoms with Gasteiger partial charge in [0.1, 0.15) is 6.04 Å². The number of nitrogens with zero attached hydrogens (tertiary/aromatic N) is 1. The zero-order valence-electron chi connectivity index (χ0n) is 12.4. The number of ether oxygens (including phenoxy) is 2. The Morgan fingerprint density at radius 2 is 2.23 bits per heavy atom. The number of fused-ring (bicyclic) bond motifs is 1. The second-order valence-electron chi connectivity index (χ2n) is 5.19. The van der Waals surface area contributed by atoms with Crippen molar-refractivity contribution < 1.29 is 19.1 Å². The average Bonchev–Trinajstić information content (AvgIpc) is 3.00. The lowest BCUT2D eigenvalue weighted by atomic mass is 10.1. The van der Waals surface area contributed by atoms with Gasteiger partial charge in [0.25, 0.3) is 0 Å². The van der Waals surface area contributed by atoms with Crippen molar-refractivity contribution in [3.05, 3.63) is 29.8 Å². The molecule has 22 heavy (non-hydrogen) atoms. The molecule has 1 unspecified atom stereocenters. The first-order valence-corrected chi connectivity index (χ1v) is 7.35. The van der Waals surface area contributed by atoms with Crippen molar-refractivity contribution in [3.63, 3.8) is 0 Å². The molecule has 0 aromatic heterocycles. The molecule has 2 amide bonds. The highest BCUT2D eigenvalue weighted by atomic mass is 16.7. The Kier molecular flexibility index (Phi) is 4.00. The maximum absolute atomic E-state index is 12.3. The minimum Gasteiger partial charge on any atom is -0.454 e. The van der Waals surface area contributed by atoms with Gasteiger partial charge in [-0.1, -0.05) is 13.0 Å². The summed E-state index contributed by atoms with van der Waals surface area (Å²) in [4.78, 5) is 25.7. The van der Waals surface area contributed by atoms with E-state index in [0.29, 0.717) is 31.0 Å². The fourth-order valence-corrected chi connectivity index (χ4v) is 2.66. The normalized spacial score (nSPS) is 20.3. The lowest BCUT2D eigenvalue weighted by Gasteiger charge is -2.33. The van der Waals surface area contributed by atoms with Crippen molar-refractivity contribution in [3.8, 4) is 11.5 Å². The van der Waals surface area contributed by atoms with E-state index in [0.717, 1.165) is 5.56 Å². The number of carbonyl (C=O) groups is 2. The van der Waals surface area contributed by atoms with Gasteiger partial charge in [0, 0.05) is 19.2 Å². The molecule has 6 heteroatoms. The van der Waals surface area contributed by atoms with Crippen LogP contribution in [0, 0.1) is 0 Å². The zero-order chi connectivity index (χ0) is 15.5. The quantitative estimate of drug-likeness (QED) is 0.851. The minimum absolute atomic E-state index is 0.0846. The molecule has 0 spiro atoms. The summed E-state index contributed by atoms with van der Waals surface area (Å²) in [7, 11) is 0. The van der Waals surface area contributed by atoms with Crippen molar-refractivity contribution in [2.75, 3.05) is 19.9 Å². The Labute approximate surface area is 128 Å². The maximum atomic E-state index is 12.3. The molecule has 0 saturated carbocycles. The Balaban J connectivity index is 1.71. The third-order valence-electron chi connectivity index (χ3n) is 3.82. The van der Waals surface area contributed by atoms with Crippen LogP contribution in [-0.2, 0) is 9.59 Å². The molecular weight excluding hydrogens is 284 g/mol. The molecule has 3 rings (SSSR count). The Hall–Kier alpha value is -2.50. The number of carbonyl (C=O) groups excluding carboxylic acids is 2. The van der Waals surface area contributed by atoms with E-state index in [1.54, 1.807) is 11.0 Å². The fraction of sp³-hybridized carbons (Fsp3) is 0.375. The number of hydrogen-bond donors (Lipinski definition) is 1. The first-order valence-electron chi connectivity index (χ1n) is 7.35. The van der Waals surface area contributed by atoms with E-state index >= 15 is 0 Å². The fourth-order valence-electron chi connectivity index (χ4n) is 2.66. The molecule has 1 aromatic carbocycles. The second kappa shape index (κ2) is 6.09. The van der Waals surface area contributed by atoms with E-state index in [-0.39, 0.29) is 24.6 Å². The van der Waals surface area contributed by atoms with Crippen LogP contribution < -0.4 is 14.8 Å². The predicted octanol–water partition coefficient (Wildman–Crippen LogP) is 1.17. The summed E-state index contributed by atoms with van der Waals surface area (Å²) >= 11 is 0. The van der Waals surface area contributed by atoms with E-state index < -0.39 is 0 Å². The van der Waals surface area contributed by atoms with Gasteiger partial charge in [-0.2, -0.15) is 0 Å². The van der Waals surface area contributed by atoms with Gasteiger partial charge in [-0.15, -0.1) is 0 Å². The van der Waals surface area contributed by atoms with Crippen LogP contribution in [0.2, 0.25) is 0 Å². The van der Waals surface area contributed by atoms with E-state index in [1.807, 2.05) is 25.1 Å². The molecule has 1 N–H and O–H groups in total. The van der Waals surface area contributed by atoms with Crippen LogP contribution in [0.5, 0.6) is 11.5 Å². The molecule has 1 atom stereocenters. The van der Waals surface area contributed by atoms with Crippen LogP contribution in [-0.4, -0.2) is 42.6 Å². The van der Waals surface area contributed by atoms with E-state index in [4.69, 9.17) is 9.47 Å². The van der Waals surface area contributed by atoms with Crippen molar-refractivity contribution in [2.24, 2.45) is 0 Å². The number of hydrogen-bond acceptors (Lipinski definition) is 4. The smallest absolute Gasteiger partial charge is 0.247 e. The first-order chi connectivity index (χ1) is 10.7. The Morgan fingerprint density at radius 3 is 3.05 bits per heavy atom. The number of piperazine rings is 1. The van der Waals surface area contributed by atoms with Gasteiger partial charge in [0.05, 0.1) is 0 Å². The summed E-state index contributed by atoms with van der Waals surface area (Å²) in [6, 6.07) is 5.11. The largest absolute Gasteiger partial charge is 0.454 e. The number of rotatable bonds is 3. The summed E-state index contributed by atoms with van der Waals surface area (Å²) < 4.78 is 10.6. The first kappa shape index (κ1) is 14.4. The van der Waals surface area contributed by atoms with Crippen LogP contribution in [0.1, 0.15) is 18.9 Å². The van der Waals surface area contributed by atoms with Gasteiger partial charge in [0.15, 0.2) is 11.5 Å². The topological polar surface area (TPSA) is 67.9 Å². The lowest BCUT2D eigenvalue weighted by Crippen LogP contribution is -2.56. The van der Waals surface area contributed by atoms with Gasteiger partial charge in [0.2, 0.25) is 18.6 Å². The molecule has 6 nitrogen and oxygen atoms in total. The van der Waals surface area contributed by atoms with Crippen LogP contribution >= 0.6 is 0 Å². The third kappa shape index (κ3) is 2.77. The summed E-state index contributed by atoms with van der Waals surface area (Å²) in [5.74, 6) is 1.15. The summed E-state index contributed by atoms with van der Waals surface area (Å²) in [6.45, 7) is 3.16. The Morgan fingerprint density at radius 1 is 1.41 bits per heavy atom. The highest BCUT2D eigenvalue weighted by molar-refractivity contribution is 5.96. The zero-order valence-corrected chi connectivity index (χ0v) is 12.4. The van der Waals surface area contributed by atoms with Gasteiger partial charge in [-0.3, -0.25) is 9.59 Å². The molecule has 2 aliphatic rings. The number of benzene rings is 1. The second-order valence-corrected chi connectivity index (χ2v) is 5.19. The van der Waals surface area contributed by atoms with Gasteiger partial charge in [-0.05, 0) is 30.2 Å². The van der Waals surface area contributed by atoms with Crippen molar-refractivity contribution >= 4 is 17.9 Å². The lowest BCUT2D eigenvalue weighted by molar-refractivity contribution is -0.140. The standard InChI is InChI=1S/C16H18N2O4/c1-2-12-16(20)17-7-8-18(12)15(19)6-4-11-3-5-13-14(9-11)22-10-21-13/h3-6,9,12H,2,7-8,10H2,1H3,(H,17,20)/b6-4+. The van der Waals surface area contributed by atoms with Gasteiger partial charge in [-0.25, -0.2) is 0 Å². The van der Waals surface area contributed by atoms with Crippen molar-refractivity contribution in [1.82, 2.24) is 10.2 Å². The molecule has 0 aliphatic carbocycles. The monoisotopic (exact) mass is 302 g/mol. The number of amides is 2. The average molecular weight is 302 g/mol. The predicted molar refractivity (Wildman–Crippen MR) is 80.4 cm³/mol. The van der Waals surface area contributed by atoms with Crippen molar-refractivity contribution in [1.29, 1.82) is 0 Å².